The van der Waals surface area contributed by atoms with Crippen LogP contribution in [-0.4, -0.2) is 40.2 Å². The molecule has 0 spiro atoms. The molecule has 2 aliphatic carbocycles. The molecule has 2 fully saturated rings. The van der Waals surface area contributed by atoms with Gasteiger partial charge in [-0.05, 0) is 73.8 Å². The Bertz CT molecular complexity index is 1120. The first-order valence-electron chi connectivity index (χ1n) is 13.7. The fourth-order valence-corrected chi connectivity index (χ4v) is 6.14. The molecular weight excluding hydrogens is 505 g/mol. The van der Waals surface area contributed by atoms with Crippen LogP contribution in [0.4, 0.5) is 15.8 Å². The molecule has 1 heterocycles. The van der Waals surface area contributed by atoms with E-state index in [1.807, 2.05) is 13.8 Å². The van der Waals surface area contributed by atoms with Crippen molar-refractivity contribution in [3.8, 4) is 0 Å². The quantitative estimate of drug-likeness (QED) is 0.409. The predicted molar refractivity (Wildman–Crippen MR) is 148 cm³/mol. The third-order valence-corrected chi connectivity index (χ3v) is 8.26. The van der Waals surface area contributed by atoms with Gasteiger partial charge in [0.05, 0.1) is 5.69 Å². The van der Waals surface area contributed by atoms with E-state index in [0.717, 1.165) is 69.3 Å². The van der Waals surface area contributed by atoms with Gasteiger partial charge in [0.2, 0.25) is 5.91 Å². The van der Waals surface area contributed by atoms with Crippen LogP contribution in [-0.2, 0) is 4.79 Å². The summed E-state index contributed by atoms with van der Waals surface area (Å²) in [6, 6.07) is 4.79. The van der Waals surface area contributed by atoms with Gasteiger partial charge in [-0.15, -0.1) is 0 Å². The molecule has 0 aliphatic heterocycles. The van der Waals surface area contributed by atoms with Crippen LogP contribution in [0.25, 0.3) is 0 Å². The Kier molecular flexibility index (Phi) is 9.35. The number of carbonyl (C=O) groups is 3. The number of hydrogen-bond acceptors (Lipinski definition) is 6. The van der Waals surface area contributed by atoms with Crippen LogP contribution in [0.5, 0.6) is 0 Å². The third-order valence-electron chi connectivity index (χ3n) is 7.41. The maximum Gasteiger partial charge on any atom is 0.273 e. The highest BCUT2D eigenvalue weighted by Crippen LogP contribution is 2.30. The van der Waals surface area contributed by atoms with Crippen LogP contribution in [0.2, 0.25) is 0 Å². The molecule has 10 heteroatoms. The first-order chi connectivity index (χ1) is 18.2. The maximum atomic E-state index is 14.1. The van der Waals surface area contributed by atoms with Crippen molar-refractivity contribution in [2.24, 2.45) is 5.92 Å². The second-order valence-corrected chi connectivity index (χ2v) is 11.6. The van der Waals surface area contributed by atoms with Crippen molar-refractivity contribution in [3.05, 3.63) is 40.7 Å². The predicted octanol–water partition coefficient (Wildman–Crippen LogP) is 5.05. The van der Waals surface area contributed by atoms with Gasteiger partial charge in [-0.2, -0.15) is 4.37 Å². The highest BCUT2D eigenvalue weighted by molar-refractivity contribution is 7.09. The average Bonchev–Trinajstić information content (AvgIpc) is 3.54. The molecule has 4 rings (SSSR count). The van der Waals surface area contributed by atoms with E-state index >= 15 is 0 Å². The van der Waals surface area contributed by atoms with E-state index in [4.69, 9.17) is 5.73 Å². The molecule has 1 aromatic carbocycles. The highest BCUT2D eigenvalue weighted by atomic mass is 32.1. The Morgan fingerprint density at radius 2 is 1.58 bits per heavy atom. The van der Waals surface area contributed by atoms with Crippen molar-refractivity contribution in [2.45, 2.75) is 96.2 Å². The largest absolute Gasteiger partial charge is 0.395 e. The summed E-state index contributed by atoms with van der Waals surface area (Å²) in [5.41, 5.74) is 6.74. The lowest BCUT2D eigenvalue weighted by atomic mass is 9.95. The zero-order chi connectivity index (χ0) is 27.2. The summed E-state index contributed by atoms with van der Waals surface area (Å²) in [6.07, 6.45) is 9.44. The summed E-state index contributed by atoms with van der Waals surface area (Å²) in [5, 5.41) is 6.12. The van der Waals surface area contributed by atoms with Crippen molar-refractivity contribution in [3.63, 3.8) is 0 Å². The Morgan fingerprint density at radius 3 is 2.18 bits per heavy atom. The number of nitrogens with one attached hydrogen (secondary N) is 2. The van der Waals surface area contributed by atoms with Gasteiger partial charge in [0.25, 0.3) is 11.8 Å². The molecule has 1 atom stereocenters. The van der Waals surface area contributed by atoms with E-state index in [1.54, 1.807) is 0 Å². The minimum absolute atomic E-state index is 0.0000749. The Morgan fingerprint density at radius 1 is 1.00 bits per heavy atom. The smallest absolute Gasteiger partial charge is 0.273 e. The summed E-state index contributed by atoms with van der Waals surface area (Å²) in [7, 11) is 0. The molecule has 0 saturated heterocycles. The second-order valence-electron chi connectivity index (χ2n) is 10.9. The maximum absolute atomic E-state index is 14.1. The van der Waals surface area contributed by atoms with Gasteiger partial charge < -0.3 is 16.4 Å². The van der Waals surface area contributed by atoms with Crippen LogP contribution in [0.3, 0.4) is 0 Å². The number of nitrogens with two attached hydrogens (primary N) is 1. The molecule has 2 aromatic rings. The van der Waals surface area contributed by atoms with Gasteiger partial charge in [0.15, 0.2) is 5.69 Å². The van der Waals surface area contributed by atoms with Crippen molar-refractivity contribution >= 4 is 40.6 Å². The van der Waals surface area contributed by atoms with Gasteiger partial charge >= 0.3 is 0 Å². The summed E-state index contributed by atoms with van der Waals surface area (Å²) < 4.78 is 18.0. The molecule has 1 aromatic heterocycles. The number of carbonyl (C=O) groups excluding carboxylic acids is 3. The van der Waals surface area contributed by atoms with Gasteiger partial charge in [-0.3, -0.25) is 19.3 Å². The van der Waals surface area contributed by atoms with Crippen LogP contribution in [0, 0.1) is 11.7 Å². The Labute approximate surface area is 227 Å². The fourth-order valence-electron chi connectivity index (χ4n) is 5.41. The number of amides is 3. The first kappa shape index (κ1) is 28.0. The molecule has 0 bridgehead atoms. The van der Waals surface area contributed by atoms with Crippen LogP contribution < -0.4 is 21.3 Å². The van der Waals surface area contributed by atoms with E-state index in [0.29, 0.717) is 12.1 Å². The summed E-state index contributed by atoms with van der Waals surface area (Å²) >= 11 is 0.849. The molecule has 0 radical (unpaired) electrons. The molecule has 0 unspecified atom stereocenters. The second kappa shape index (κ2) is 12.7. The number of hydrogen-bond donors (Lipinski definition) is 3. The average molecular weight is 544 g/mol. The minimum atomic E-state index is -0.838. The number of nitrogens with zero attached hydrogens (tertiary/aromatic N) is 2. The van der Waals surface area contributed by atoms with Crippen LogP contribution in [0.1, 0.15) is 98.2 Å². The topological polar surface area (TPSA) is 117 Å². The molecule has 206 valence electrons. The summed E-state index contributed by atoms with van der Waals surface area (Å²) in [6.45, 7) is 3.97. The Hall–Kier alpha value is -3.01. The van der Waals surface area contributed by atoms with Gasteiger partial charge in [0.1, 0.15) is 16.7 Å². The zero-order valence-electron chi connectivity index (χ0n) is 22.2. The Balaban J connectivity index is 1.65. The summed E-state index contributed by atoms with van der Waals surface area (Å²) in [4.78, 5) is 42.1. The molecule has 38 heavy (non-hydrogen) atoms. The van der Waals surface area contributed by atoms with Gasteiger partial charge in [0, 0.05) is 17.8 Å². The fraction of sp³-hybridized carbons (Fsp3) is 0.571. The first-order valence-corrected chi connectivity index (χ1v) is 14.5. The van der Waals surface area contributed by atoms with E-state index in [9.17, 15) is 18.8 Å². The number of benzene rings is 1. The molecule has 2 saturated carbocycles. The van der Waals surface area contributed by atoms with E-state index in [-0.39, 0.29) is 40.2 Å². The van der Waals surface area contributed by atoms with Gasteiger partial charge in [-0.1, -0.05) is 46.0 Å². The molecule has 4 N–H and O–H groups in total. The number of rotatable bonds is 9. The highest BCUT2D eigenvalue weighted by Gasteiger charge is 2.36. The number of nitrogen functional groups attached to an aromatic ring is 1. The molecular formula is C28H38FN5O3S. The minimum Gasteiger partial charge on any atom is -0.395 e. The standard InChI is InChI=1S/C28H38FN5O3S/c1-17(2)16-22(26(35)31-19-10-6-7-11-19)34(21-14-12-18(29)13-15-21)28(37)25-23(30)24(33-38-25)27(36)32-20-8-4-3-5-9-20/h12-15,17,19-20,22H,3-11,16,30H2,1-2H3,(H,31,35)(H,32,36)/t22-/m0/s1. The van der Waals surface area contributed by atoms with E-state index in [2.05, 4.69) is 15.0 Å². The van der Waals surface area contributed by atoms with Crippen LogP contribution in [0.15, 0.2) is 24.3 Å². The molecule has 2 aliphatic rings. The zero-order valence-corrected chi connectivity index (χ0v) is 23.0. The lowest BCUT2D eigenvalue weighted by molar-refractivity contribution is -0.123. The molecule has 8 nitrogen and oxygen atoms in total. The molecule has 3 amide bonds. The van der Waals surface area contributed by atoms with Crippen molar-refractivity contribution in [2.75, 3.05) is 10.6 Å². The summed E-state index contributed by atoms with van der Waals surface area (Å²) in [5.74, 6) is -1.52. The lowest BCUT2D eigenvalue weighted by Crippen LogP contribution is -2.52. The SMILES string of the molecule is CC(C)C[C@@H](C(=O)NC1CCCC1)N(C(=O)c1snc(C(=O)NC2CCCCC2)c1N)c1ccc(F)cc1. The van der Waals surface area contributed by atoms with Crippen molar-refractivity contribution in [1.82, 2.24) is 15.0 Å². The van der Waals surface area contributed by atoms with Crippen molar-refractivity contribution < 1.29 is 18.8 Å². The van der Waals surface area contributed by atoms with E-state index < -0.39 is 23.7 Å². The normalized spacial score (nSPS) is 17.4. The monoisotopic (exact) mass is 543 g/mol. The lowest BCUT2D eigenvalue weighted by Gasteiger charge is -2.32. The number of anilines is 2. The van der Waals surface area contributed by atoms with Gasteiger partial charge in [-0.25, -0.2) is 4.39 Å². The number of halogens is 1. The van der Waals surface area contributed by atoms with Crippen LogP contribution >= 0.6 is 11.5 Å². The number of aromatic nitrogens is 1. The third kappa shape index (κ3) is 6.70. The van der Waals surface area contributed by atoms with E-state index in [1.165, 1.54) is 29.2 Å². The van der Waals surface area contributed by atoms with Crippen molar-refractivity contribution in [1.29, 1.82) is 0 Å².